The van der Waals surface area contributed by atoms with E-state index in [0.29, 0.717) is 6.42 Å². The van der Waals surface area contributed by atoms with Crippen LogP contribution in [0.2, 0.25) is 0 Å². The second kappa shape index (κ2) is 8.27. The SMILES string of the molecule is COc1cccc(CC(=O)N2[C@H](OC)C3(CCCCC3)SC23CCCCC3)c1. The van der Waals surface area contributed by atoms with E-state index in [0.717, 1.165) is 24.2 Å². The average Bonchev–Trinajstić information content (AvgIpc) is 2.97. The van der Waals surface area contributed by atoms with E-state index in [-0.39, 0.29) is 21.8 Å². The molecule has 1 heterocycles. The molecule has 2 saturated carbocycles. The maximum atomic E-state index is 13.7. The van der Waals surface area contributed by atoms with Crippen LogP contribution in [0.3, 0.4) is 0 Å². The van der Waals surface area contributed by atoms with Gasteiger partial charge in [0.1, 0.15) is 12.0 Å². The number of thioether (sulfide) groups is 1. The van der Waals surface area contributed by atoms with Crippen molar-refractivity contribution < 1.29 is 14.3 Å². The van der Waals surface area contributed by atoms with Crippen LogP contribution < -0.4 is 4.74 Å². The zero-order valence-corrected chi connectivity index (χ0v) is 18.1. The molecule has 1 amide bonds. The van der Waals surface area contributed by atoms with Crippen molar-refractivity contribution in [2.75, 3.05) is 14.2 Å². The molecular weight excluding hydrogens is 370 g/mol. The highest BCUT2D eigenvalue weighted by atomic mass is 32.2. The van der Waals surface area contributed by atoms with Gasteiger partial charge in [-0.15, -0.1) is 11.8 Å². The molecule has 1 atom stereocenters. The summed E-state index contributed by atoms with van der Waals surface area (Å²) in [7, 11) is 3.47. The van der Waals surface area contributed by atoms with Gasteiger partial charge < -0.3 is 14.4 Å². The quantitative estimate of drug-likeness (QED) is 0.697. The summed E-state index contributed by atoms with van der Waals surface area (Å²) in [5.74, 6) is 1.01. The Kier molecular flexibility index (Phi) is 5.93. The second-order valence-corrected chi connectivity index (χ2v) is 10.4. The third-order valence-corrected chi connectivity index (χ3v) is 8.83. The Morgan fingerprint density at radius 1 is 1.07 bits per heavy atom. The lowest BCUT2D eigenvalue weighted by Crippen LogP contribution is -2.54. The number of nitrogens with zero attached hydrogens (tertiary/aromatic N) is 1. The van der Waals surface area contributed by atoms with E-state index >= 15 is 0 Å². The Hall–Kier alpha value is -1.20. The van der Waals surface area contributed by atoms with Crippen molar-refractivity contribution in [2.24, 2.45) is 0 Å². The highest BCUT2D eigenvalue weighted by Crippen LogP contribution is 2.61. The summed E-state index contributed by atoms with van der Waals surface area (Å²) in [5.41, 5.74) is 1.01. The molecular formula is C23H33NO3S. The van der Waals surface area contributed by atoms with E-state index in [1.165, 1.54) is 51.4 Å². The van der Waals surface area contributed by atoms with Gasteiger partial charge in [-0.3, -0.25) is 4.79 Å². The van der Waals surface area contributed by atoms with E-state index < -0.39 is 0 Å². The van der Waals surface area contributed by atoms with E-state index in [1.807, 2.05) is 24.3 Å². The summed E-state index contributed by atoms with van der Waals surface area (Å²) in [5, 5.41) is 0. The summed E-state index contributed by atoms with van der Waals surface area (Å²) in [6.45, 7) is 0. The molecule has 28 heavy (non-hydrogen) atoms. The van der Waals surface area contributed by atoms with E-state index in [1.54, 1.807) is 14.2 Å². The minimum atomic E-state index is -0.103. The topological polar surface area (TPSA) is 38.8 Å². The van der Waals surface area contributed by atoms with E-state index in [4.69, 9.17) is 9.47 Å². The summed E-state index contributed by atoms with van der Waals surface area (Å²) in [4.78, 5) is 15.8. The van der Waals surface area contributed by atoms with Crippen LogP contribution in [0.25, 0.3) is 0 Å². The molecule has 5 heteroatoms. The van der Waals surface area contributed by atoms with Gasteiger partial charge in [0.15, 0.2) is 0 Å². The van der Waals surface area contributed by atoms with Gasteiger partial charge >= 0.3 is 0 Å². The van der Waals surface area contributed by atoms with Crippen molar-refractivity contribution in [1.82, 2.24) is 4.90 Å². The number of benzene rings is 1. The lowest BCUT2D eigenvalue weighted by atomic mass is 9.85. The third-order valence-electron chi connectivity index (χ3n) is 6.83. The number of amides is 1. The van der Waals surface area contributed by atoms with Gasteiger partial charge in [-0.05, 0) is 43.4 Å². The number of hydrogen-bond acceptors (Lipinski definition) is 4. The van der Waals surface area contributed by atoms with Gasteiger partial charge in [-0.1, -0.05) is 50.7 Å². The van der Waals surface area contributed by atoms with Crippen molar-refractivity contribution in [3.63, 3.8) is 0 Å². The summed E-state index contributed by atoms with van der Waals surface area (Å²) in [6, 6.07) is 7.90. The van der Waals surface area contributed by atoms with Crippen molar-refractivity contribution >= 4 is 17.7 Å². The molecule has 2 spiro atoms. The number of hydrogen-bond donors (Lipinski definition) is 0. The smallest absolute Gasteiger partial charge is 0.230 e. The number of methoxy groups -OCH3 is 2. The van der Waals surface area contributed by atoms with Crippen molar-refractivity contribution in [2.45, 2.75) is 86.5 Å². The monoisotopic (exact) mass is 403 g/mol. The van der Waals surface area contributed by atoms with Crippen molar-refractivity contribution in [3.8, 4) is 5.75 Å². The summed E-state index contributed by atoms with van der Waals surface area (Å²) in [6.07, 6.45) is 12.4. The lowest BCUT2D eigenvalue weighted by Gasteiger charge is -2.42. The fourth-order valence-corrected chi connectivity index (χ4v) is 7.93. The first-order chi connectivity index (χ1) is 13.6. The zero-order valence-electron chi connectivity index (χ0n) is 17.2. The number of ether oxygens (including phenoxy) is 2. The Morgan fingerprint density at radius 3 is 2.39 bits per heavy atom. The van der Waals surface area contributed by atoms with Crippen LogP contribution in [0.5, 0.6) is 5.75 Å². The van der Waals surface area contributed by atoms with E-state index in [2.05, 4.69) is 16.7 Å². The Labute approximate surface area is 173 Å². The molecule has 2 aliphatic carbocycles. The van der Waals surface area contributed by atoms with Crippen LogP contribution in [-0.4, -0.2) is 40.9 Å². The van der Waals surface area contributed by atoms with Gasteiger partial charge in [0, 0.05) is 7.11 Å². The molecule has 0 aromatic heterocycles. The molecule has 1 saturated heterocycles. The molecule has 3 aliphatic rings. The number of carbonyl (C=O) groups is 1. The Bertz CT molecular complexity index is 695. The van der Waals surface area contributed by atoms with Crippen molar-refractivity contribution in [3.05, 3.63) is 29.8 Å². The molecule has 0 bridgehead atoms. The van der Waals surface area contributed by atoms with Crippen LogP contribution in [0.4, 0.5) is 0 Å². The molecule has 3 fully saturated rings. The standard InChI is InChI=1S/C23H33NO3S/c1-26-19-11-9-10-18(16-19)17-20(25)24-21(27-2)22(12-5-3-6-13-22)28-23(24)14-7-4-8-15-23/h9-11,16,21H,3-8,12-15,17H2,1-2H3/t21-/m1/s1. The predicted octanol–water partition coefficient (Wildman–Crippen LogP) is 5.15. The first-order valence-corrected chi connectivity index (χ1v) is 11.6. The molecule has 4 nitrogen and oxygen atoms in total. The fraction of sp³-hybridized carbons (Fsp3) is 0.696. The fourth-order valence-electron chi connectivity index (χ4n) is 5.59. The van der Waals surface area contributed by atoms with Crippen LogP contribution in [0.1, 0.15) is 69.8 Å². The van der Waals surface area contributed by atoms with Crippen molar-refractivity contribution in [1.29, 1.82) is 0 Å². The number of carbonyl (C=O) groups excluding carboxylic acids is 1. The van der Waals surface area contributed by atoms with Crippen LogP contribution in [0.15, 0.2) is 24.3 Å². The molecule has 0 N–H and O–H groups in total. The largest absolute Gasteiger partial charge is 0.497 e. The first-order valence-electron chi connectivity index (χ1n) is 10.8. The van der Waals surface area contributed by atoms with Crippen LogP contribution >= 0.6 is 11.8 Å². The van der Waals surface area contributed by atoms with Gasteiger partial charge in [0.25, 0.3) is 0 Å². The molecule has 4 rings (SSSR count). The third kappa shape index (κ3) is 3.56. The van der Waals surface area contributed by atoms with Crippen LogP contribution in [-0.2, 0) is 16.0 Å². The lowest BCUT2D eigenvalue weighted by molar-refractivity contribution is -0.153. The van der Waals surface area contributed by atoms with E-state index in [9.17, 15) is 4.79 Å². The molecule has 1 aromatic carbocycles. The highest BCUT2D eigenvalue weighted by molar-refractivity contribution is 8.02. The number of rotatable bonds is 4. The average molecular weight is 404 g/mol. The van der Waals surface area contributed by atoms with Crippen LogP contribution in [0, 0.1) is 0 Å². The molecule has 1 aliphatic heterocycles. The van der Waals surface area contributed by atoms with Gasteiger partial charge in [0.05, 0.1) is 23.1 Å². The Morgan fingerprint density at radius 2 is 1.75 bits per heavy atom. The molecule has 154 valence electrons. The maximum absolute atomic E-state index is 13.7. The molecule has 0 radical (unpaired) electrons. The normalized spacial score (nSPS) is 25.9. The Balaban J connectivity index is 1.65. The second-order valence-electron chi connectivity index (χ2n) is 8.61. The zero-order chi connectivity index (χ0) is 19.6. The first kappa shape index (κ1) is 20.1. The minimum absolute atomic E-state index is 0.0772. The summed E-state index contributed by atoms with van der Waals surface area (Å²) < 4.78 is 11.5. The van der Waals surface area contributed by atoms with Gasteiger partial charge in [0.2, 0.25) is 5.91 Å². The molecule has 0 unspecified atom stereocenters. The summed E-state index contributed by atoms with van der Waals surface area (Å²) >= 11 is 2.10. The predicted molar refractivity (Wildman–Crippen MR) is 114 cm³/mol. The minimum Gasteiger partial charge on any atom is -0.497 e. The van der Waals surface area contributed by atoms with Gasteiger partial charge in [-0.2, -0.15) is 0 Å². The van der Waals surface area contributed by atoms with Gasteiger partial charge in [-0.25, -0.2) is 0 Å². The maximum Gasteiger partial charge on any atom is 0.230 e. The molecule has 1 aromatic rings. The highest BCUT2D eigenvalue weighted by Gasteiger charge is 2.62.